The Morgan fingerprint density at radius 1 is 1.00 bits per heavy atom. The Hall–Kier alpha value is -1.55. The molecule has 0 unspecified atom stereocenters. The summed E-state index contributed by atoms with van der Waals surface area (Å²) in [5.74, 6) is 1.19. The van der Waals surface area contributed by atoms with Crippen molar-refractivity contribution in [2.45, 2.75) is 66.9 Å². The first-order valence-electron chi connectivity index (χ1n) is 10.6. The third-order valence-corrected chi connectivity index (χ3v) is 4.94. The first kappa shape index (κ1) is 23.5. The van der Waals surface area contributed by atoms with Gasteiger partial charge in [-0.3, -0.25) is 0 Å². The summed E-state index contributed by atoms with van der Waals surface area (Å²) in [6.07, 6.45) is 3.70. The number of nitrogens with one attached hydrogen (secondary N) is 1. The summed E-state index contributed by atoms with van der Waals surface area (Å²) in [6, 6.07) is 7.69. The van der Waals surface area contributed by atoms with Crippen LogP contribution in [0.25, 0.3) is 0 Å². The summed E-state index contributed by atoms with van der Waals surface area (Å²) in [4.78, 5) is 14.6. The maximum Gasteiger partial charge on any atom is 0.338 e. The first-order valence-corrected chi connectivity index (χ1v) is 10.6. The fourth-order valence-electron chi connectivity index (χ4n) is 3.20. The number of hydrogen-bond acceptors (Lipinski definition) is 4. The average molecular weight is 377 g/mol. The number of anilines is 1. The number of rotatable bonds is 13. The molecule has 0 radical (unpaired) electrons. The van der Waals surface area contributed by atoms with Gasteiger partial charge >= 0.3 is 5.97 Å². The highest BCUT2D eigenvalue weighted by Gasteiger charge is 2.13. The molecule has 27 heavy (non-hydrogen) atoms. The predicted octanol–water partition coefficient (Wildman–Crippen LogP) is 5.13. The maximum atomic E-state index is 12.3. The minimum atomic E-state index is -0.250. The molecular weight excluding hydrogens is 336 g/mol. The van der Waals surface area contributed by atoms with Crippen LogP contribution in [-0.4, -0.2) is 38.3 Å². The van der Waals surface area contributed by atoms with Crippen molar-refractivity contribution < 1.29 is 9.53 Å². The molecule has 1 N–H and O–H groups in total. The molecule has 0 heterocycles. The molecule has 0 aliphatic carbocycles. The Kier molecular flexibility index (Phi) is 11.1. The molecule has 4 heteroatoms. The fourth-order valence-corrected chi connectivity index (χ4v) is 3.20. The summed E-state index contributed by atoms with van der Waals surface area (Å²) in [7, 11) is 0. The monoisotopic (exact) mass is 376 g/mol. The van der Waals surface area contributed by atoms with Crippen molar-refractivity contribution in [3.05, 3.63) is 29.8 Å². The van der Waals surface area contributed by atoms with Gasteiger partial charge in [-0.25, -0.2) is 4.79 Å². The number of ether oxygens (including phenoxy) is 1. The van der Waals surface area contributed by atoms with E-state index in [1.54, 1.807) is 0 Å². The number of benzene rings is 1. The highest BCUT2D eigenvalue weighted by molar-refractivity contribution is 5.90. The molecule has 0 aliphatic rings. The highest BCUT2D eigenvalue weighted by atomic mass is 16.5. The van der Waals surface area contributed by atoms with Crippen molar-refractivity contribution in [3.8, 4) is 0 Å². The number of hydrogen-bond donors (Lipinski definition) is 1. The van der Waals surface area contributed by atoms with Gasteiger partial charge in [0.25, 0.3) is 0 Å². The average Bonchev–Trinajstić information content (AvgIpc) is 2.63. The molecule has 0 aromatic heterocycles. The molecular formula is C23H40N2O2. The van der Waals surface area contributed by atoms with E-state index in [4.69, 9.17) is 4.74 Å². The largest absolute Gasteiger partial charge is 0.458 e. The summed E-state index contributed by atoms with van der Waals surface area (Å²) in [6.45, 7) is 16.6. The number of carbonyl (C=O) groups excluding carboxylic acids is 1. The quantitative estimate of drug-likeness (QED) is 0.485. The molecule has 0 bridgehead atoms. The number of esters is 1. The van der Waals surface area contributed by atoms with Crippen LogP contribution >= 0.6 is 0 Å². The summed E-state index contributed by atoms with van der Waals surface area (Å²) < 4.78 is 5.57. The molecule has 4 nitrogen and oxygen atoms in total. The molecule has 1 aromatic carbocycles. The first-order chi connectivity index (χ1) is 12.9. The second-order valence-electron chi connectivity index (χ2n) is 8.02. The highest BCUT2D eigenvalue weighted by Crippen LogP contribution is 2.16. The fraction of sp³-hybridized carbons (Fsp3) is 0.696. The zero-order chi connectivity index (χ0) is 20.2. The van der Waals surface area contributed by atoms with E-state index in [2.05, 4.69) is 44.8 Å². The second-order valence-corrected chi connectivity index (χ2v) is 8.02. The van der Waals surface area contributed by atoms with Gasteiger partial charge in [0.15, 0.2) is 0 Å². The normalized spacial score (nSPS) is 13.4. The standard InChI is InChI=1S/C23H40N2O2/c1-7-25(8-2)22-14-12-21(13-15-22)23(26)27-20(6)17-24-16-19(5)11-9-10-18(3)4/h12-15,18-20,24H,7-11,16-17H2,1-6H3/t19-,20-/m1/s1. The van der Waals surface area contributed by atoms with Crippen LogP contribution in [-0.2, 0) is 4.74 Å². The molecule has 0 spiro atoms. The summed E-state index contributed by atoms with van der Waals surface area (Å²) >= 11 is 0. The van der Waals surface area contributed by atoms with Gasteiger partial charge in [0.2, 0.25) is 0 Å². The van der Waals surface area contributed by atoms with Crippen LogP contribution in [0.5, 0.6) is 0 Å². The molecule has 1 rings (SSSR count). The molecule has 0 saturated heterocycles. The Bertz CT molecular complexity index is 524. The minimum Gasteiger partial charge on any atom is -0.458 e. The molecule has 0 amide bonds. The van der Waals surface area contributed by atoms with E-state index in [1.807, 2.05) is 31.2 Å². The van der Waals surface area contributed by atoms with Gasteiger partial charge in [-0.1, -0.05) is 33.6 Å². The van der Waals surface area contributed by atoms with Crippen LogP contribution in [0.1, 0.15) is 71.2 Å². The molecule has 2 atom stereocenters. The topological polar surface area (TPSA) is 41.6 Å². The van der Waals surface area contributed by atoms with E-state index >= 15 is 0 Å². The van der Waals surface area contributed by atoms with Crippen molar-refractivity contribution in [1.29, 1.82) is 0 Å². The van der Waals surface area contributed by atoms with Gasteiger partial charge in [-0.2, -0.15) is 0 Å². The van der Waals surface area contributed by atoms with Crippen LogP contribution in [0.2, 0.25) is 0 Å². The third kappa shape index (κ3) is 9.28. The summed E-state index contributed by atoms with van der Waals surface area (Å²) in [5.41, 5.74) is 1.75. The van der Waals surface area contributed by atoms with Crippen molar-refractivity contribution in [3.63, 3.8) is 0 Å². The predicted molar refractivity (Wildman–Crippen MR) is 116 cm³/mol. The molecule has 0 saturated carbocycles. The number of carbonyl (C=O) groups is 1. The van der Waals surface area contributed by atoms with Gasteiger partial charge in [-0.15, -0.1) is 0 Å². The minimum absolute atomic E-state index is 0.136. The Morgan fingerprint density at radius 2 is 1.63 bits per heavy atom. The SMILES string of the molecule is CCN(CC)c1ccc(C(=O)O[C@H](C)CNC[C@H](C)CCCC(C)C)cc1. The lowest BCUT2D eigenvalue weighted by molar-refractivity contribution is 0.0341. The maximum absolute atomic E-state index is 12.3. The van der Waals surface area contributed by atoms with E-state index in [0.29, 0.717) is 18.0 Å². The van der Waals surface area contributed by atoms with E-state index in [0.717, 1.165) is 31.2 Å². The number of nitrogens with zero attached hydrogens (tertiary/aromatic N) is 1. The van der Waals surface area contributed by atoms with E-state index in [9.17, 15) is 4.79 Å². The zero-order valence-corrected chi connectivity index (χ0v) is 18.3. The third-order valence-electron chi connectivity index (χ3n) is 4.94. The van der Waals surface area contributed by atoms with Crippen LogP contribution in [0.3, 0.4) is 0 Å². The molecule has 0 fully saturated rings. The molecule has 154 valence electrons. The zero-order valence-electron chi connectivity index (χ0n) is 18.3. The van der Waals surface area contributed by atoms with E-state index < -0.39 is 0 Å². The van der Waals surface area contributed by atoms with Crippen LogP contribution in [0.15, 0.2) is 24.3 Å². The lowest BCUT2D eigenvalue weighted by Crippen LogP contribution is -2.31. The van der Waals surface area contributed by atoms with E-state index in [1.165, 1.54) is 19.3 Å². The van der Waals surface area contributed by atoms with Crippen molar-refractivity contribution in [2.24, 2.45) is 11.8 Å². The molecule has 0 aliphatic heterocycles. The lowest BCUT2D eigenvalue weighted by Gasteiger charge is -2.21. The summed E-state index contributed by atoms with van der Waals surface area (Å²) in [5, 5.41) is 3.44. The van der Waals surface area contributed by atoms with Gasteiger partial charge in [0.05, 0.1) is 5.56 Å². The Morgan fingerprint density at radius 3 is 2.19 bits per heavy atom. The van der Waals surface area contributed by atoms with Gasteiger partial charge in [0.1, 0.15) is 6.10 Å². The van der Waals surface area contributed by atoms with E-state index in [-0.39, 0.29) is 12.1 Å². The van der Waals surface area contributed by atoms with Crippen LogP contribution < -0.4 is 10.2 Å². The van der Waals surface area contributed by atoms with Crippen LogP contribution in [0, 0.1) is 11.8 Å². The van der Waals surface area contributed by atoms with Gasteiger partial charge < -0.3 is 15.0 Å². The lowest BCUT2D eigenvalue weighted by atomic mass is 10.00. The Balaban J connectivity index is 2.33. The molecule has 1 aromatic rings. The van der Waals surface area contributed by atoms with Crippen LogP contribution in [0.4, 0.5) is 5.69 Å². The second kappa shape index (κ2) is 12.8. The van der Waals surface area contributed by atoms with Crippen molar-refractivity contribution in [2.75, 3.05) is 31.1 Å². The van der Waals surface area contributed by atoms with Crippen molar-refractivity contribution >= 4 is 11.7 Å². The van der Waals surface area contributed by atoms with Gasteiger partial charge in [0, 0.05) is 25.3 Å². The Labute approximate surface area is 166 Å². The van der Waals surface area contributed by atoms with Crippen molar-refractivity contribution in [1.82, 2.24) is 5.32 Å². The smallest absolute Gasteiger partial charge is 0.338 e. The van der Waals surface area contributed by atoms with Gasteiger partial charge in [-0.05, 0) is 69.8 Å².